The quantitative estimate of drug-likeness (QED) is 0.865. The van der Waals surface area contributed by atoms with Crippen molar-refractivity contribution in [3.63, 3.8) is 0 Å². The molecule has 0 radical (unpaired) electrons. The highest BCUT2D eigenvalue weighted by molar-refractivity contribution is 5.78. The molecule has 1 fully saturated rings. The van der Waals surface area contributed by atoms with E-state index in [1.807, 2.05) is 30.5 Å². The second-order valence-corrected chi connectivity index (χ2v) is 4.99. The molecule has 0 amide bonds. The minimum Gasteiger partial charge on any atom is -0.354 e. The topological polar surface area (TPSA) is 63.8 Å². The Morgan fingerprint density at radius 3 is 3.00 bits per heavy atom. The highest BCUT2D eigenvalue weighted by Crippen LogP contribution is 2.24. The number of hydrogen-bond acceptors (Lipinski definition) is 4. The Hall–Kier alpha value is -1.68. The standard InChI is InChI=1S/C14H18N4/c15-12-6-3-5-10(12)8-16-14-17-9-11-4-1-2-7-13(11)18-14/h1-2,4,7,9-10,12H,3,5-6,8,15H2,(H,16,17,18). The molecule has 1 aromatic carbocycles. The van der Waals surface area contributed by atoms with E-state index in [1.54, 1.807) is 0 Å². The molecular weight excluding hydrogens is 224 g/mol. The first-order chi connectivity index (χ1) is 8.83. The van der Waals surface area contributed by atoms with Crippen molar-refractivity contribution in [1.29, 1.82) is 0 Å². The summed E-state index contributed by atoms with van der Waals surface area (Å²) in [5.74, 6) is 1.26. The Kier molecular flexibility index (Phi) is 3.11. The zero-order chi connectivity index (χ0) is 12.4. The minimum absolute atomic E-state index is 0.331. The van der Waals surface area contributed by atoms with Crippen molar-refractivity contribution < 1.29 is 0 Å². The van der Waals surface area contributed by atoms with E-state index in [2.05, 4.69) is 15.3 Å². The Morgan fingerprint density at radius 1 is 1.28 bits per heavy atom. The van der Waals surface area contributed by atoms with Gasteiger partial charge in [0.25, 0.3) is 0 Å². The monoisotopic (exact) mass is 242 g/mol. The molecule has 0 aliphatic heterocycles. The fraction of sp³-hybridized carbons (Fsp3) is 0.429. The van der Waals surface area contributed by atoms with Gasteiger partial charge < -0.3 is 11.1 Å². The SMILES string of the molecule is NC1CCCC1CNc1ncc2ccccc2n1. The van der Waals surface area contributed by atoms with Crippen LogP contribution in [0.5, 0.6) is 0 Å². The van der Waals surface area contributed by atoms with E-state index in [0.29, 0.717) is 17.9 Å². The number of hydrogen-bond donors (Lipinski definition) is 2. The third-order valence-electron chi connectivity index (χ3n) is 3.73. The first-order valence-electron chi connectivity index (χ1n) is 6.54. The van der Waals surface area contributed by atoms with E-state index in [0.717, 1.165) is 23.9 Å². The number of para-hydroxylation sites is 1. The van der Waals surface area contributed by atoms with Crippen molar-refractivity contribution in [3.05, 3.63) is 30.5 Å². The fourth-order valence-electron chi connectivity index (χ4n) is 2.60. The van der Waals surface area contributed by atoms with Gasteiger partial charge in [0.05, 0.1) is 5.52 Å². The van der Waals surface area contributed by atoms with Crippen molar-refractivity contribution in [1.82, 2.24) is 9.97 Å². The van der Waals surface area contributed by atoms with Crippen LogP contribution >= 0.6 is 0 Å². The molecule has 0 bridgehead atoms. The lowest BCUT2D eigenvalue weighted by atomic mass is 10.1. The normalized spacial score (nSPS) is 23.4. The summed E-state index contributed by atoms with van der Waals surface area (Å²) in [5.41, 5.74) is 7.03. The maximum atomic E-state index is 6.05. The summed E-state index contributed by atoms with van der Waals surface area (Å²) in [6.07, 6.45) is 5.46. The lowest BCUT2D eigenvalue weighted by Crippen LogP contribution is -2.29. The van der Waals surface area contributed by atoms with Crippen LogP contribution in [-0.4, -0.2) is 22.6 Å². The van der Waals surface area contributed by atoms with Crippen LogP contribution in [0.2, 0.25) is 0 Å². The highest BCUT2D eigenvalue weighted by atomic mass is 15.1. The van der Waals surface area contributed by atoms with E-state index >= 15 is 0 Å². The van der Waals surface area contributed by atoms with Gasteiger partial charge in [-0.15, -0.1) is 0 Å². The number of nitrogens with zero attached hydrogens (tertiary/aromatic N) is 2. The average molecular weight is 242 g/mol. The van der Waals surface area contributed by atoms with Crippen molar-refractivity contribution in [2.24, 2.45) is 11.7 Å². The van der Waals surface area contributed by atoms with E-state index in [4.69, 9.17) is 5.73 Å². The van der Waals surface area contributed by atoms with Gasteiger partial charge in [-0.1, -0.05) is 24.6 Å². The Balaban J connectivity index is 1.71. The Labute approximate surface area is 107 Å². The zero-order valence-electron chi connectivity index (χ0n) is 10.3. The molecule has 1 heterocycles. The van der Waals surface area contributed by atoms with Crippen LogP contribution in [0.25, 0.3) is 10.9 Å². The van der Waals surface area contributed by atoms with Crippen molar-refractivity contribution >= 4 is 16.9 Å². The van der Waals surface area contributed by atoms with E-state index < -0.39 is 0 Å². The van der Waals surface area contributed by atoms with Crippen LogP contribution in [0.1, 0.15) is 19.3 Å². The number of nitrogens with two attached hydrogens (primary N) is 1. The summed E-state index contributed by atoms with van der Waals surface area (Å²) in [5, 5.41) is 4.38. The average Bonchev–Trinajstić information content (AvgIpc) is 2.82. The largest absolute Gasteiger partial charge is 0.354 e. The summed E-state index contributed by atoms with van der Waals surface area (Å²) in [7, 11) is 0. The van der Waals surface area contributed by atoms with Gasteiger partial charge in [0.1, 0.15) is 0 Å². The second-order valence-electron chi connectivity index (χ2n) is 4.99. The highest BCUT2D eigenvalue weighted by Gasteiger charge is 2.23. The van der Waals surface area contributed by atoms with Gasteiger partial charge in [0.2, 0.25) is 5.95 Å². The molecule has 3 N–H and O–H groups in total. The Bertz CT molecular complexity index is 540. The summed E-state index contributed by atoms with van der Waals surface area (Å²) >= 11 is 0. The van der Waals surface area contributed by atoms with Crippen LogP contribution in [-0.2, 0) is 0 Å². The zero-order valence-corrected chi connectivity index (χ0v) is 10.3. The predicted octanol–water partition coefficient (Wildman–Crippen LogP) is 2.17. The first-order valence-corrected chi connectivity index (χ1v) is 6.54. The van der Waals surface area contributed by atoms with Gasteiger partial charge in [0.15, 0.2) is 0 Å². The second kappa shape index (κ2) is 4.90. The van der Waals surface area contributed by atoms with Crippen LogP contribution in [0, 0.1) is 5.92 Å². The van der Waals surface area contributed by atoms with Crippen LogP contribution < -0.4 is 11.1 Å². The molecule has 1 aliphatic rings. The number of nitrogens with one attached hydrogen (secondary N) is 1. The third-order valence-corrected chi connectivity index (χ3v) is 3.73. The predicted molar refractivity (Wildman–Crippen MR) is 73.3 cm³/mol. The molecule has 1 aromatic heterocycles. The molecule has 1 saturated carbocycles. The molecule has 0 saturated heterocycles. The number of benzene rings is 1. The molecule has 0 spiro atoms. The molecule has 2 atom stereocenters. The van der Waals surface area contributed by atoms with Gasteiger partial charge in [-0.2, -0.15) is 0 Å². The van der Waals surface area contributed by atoms with E-state index in [9.17, 15) is 0 Å². The summed E-state index contributed by atoms with van der Waals surface area (Å²) < 4.78 is 0. The van der Waals surface area contributed by atoms with Gasteiger partial charge in [-0.25, -0.2) is 9.97 Å². The third kappa shape index (κ3) is 2.29. The summed E-state index contributed by atoms with van der Waals surface area (Å²) in [6.45, 7) is 0.875. The smallest absolute Gasteiger partial charge is 0.223 e. The van der Waals surface area contributed by atoms with Gasteiger partial charge in [-0.3, -0.25) is 0 Å². The van der Waals surface area contributed by atoms with Gasteiger partial charge in [0, 0.05) is 24.2 Å². The van der Waals surface area contributed by atoms with Crippen molar-refractivity contribution in [2.45, 2.75) is 25.3 Å². The molecule has 4 heteroatoms. The molecule has 18 heavy (non-hydrogen) atoms. The molecule has 4 nitrogen and oxygen atoms in total. The van der Waals surface area contributed by atoms with Crippen molar-refractivity contribution in [3.8, 4) is 0 Å². The summed E-state index contributed by atoms with van der Waals surface area (Å²) in [4.78, 5) is 8.83. The molecule has 2 aromatic rings. The molecule has 3 rings (SSSR count). The maximum Gasteiger partial charge on any atom is 0.223 e. The number of rotatable bonds is 3. The van der Waals surface area contributed by atoms with Gasteiger partial charge >= 0.3 is 0 Å². The number of aromatic nitrogens is 2. The lowest BCUT2D eigenvalue weighted by Gasteiger charge is -2.15. The lowest BCUT2D eigenvalue weighted by molar-refractivity contribution is 0.504. The van der Waals surface area contributed by atoms with Crippen LogP contribution in [0.4, 0.5) is 5.95 Å². The minimum atomic E-state index is 0.331. The number of anilines is 1. The molecular formula is C14H18N4. The number of fused-ring (bicyclic) bond motifs is 1. The molecule has 1 aliphatic carbocycles. The maximum absolute atomic E-state index is 6.05. The first kappa shape index (κ1) is 11.4. The Morgan fingerprint density at radius 2 is 2.17 bits per heavy atom. The van der Waals surface area contributed by atoms with Crippen molar-refractivity contribution in [2.75, 3.05) is 11.9 Å². The van der Waals surface area contributed by atoms with Crippen LogP contribution in [0.3, 0.4) is 0 Å². The van der Waals surface area contributed by atoms with Crippen LogP contribution in [0.15, 0.2) is 30.5 Å². The van der Waals surface area contributed by atoms with E-state index in [1.165, 1.54) is 12.8 Å². The molecule has 2 unspecified atom stereocenters. The fourth-order valence-corrected chi connectivity index (χ4v) is 2.60. The van der Waals surface area contributed by atoms with E-state index in [-0.39, 0.29) is 0 Å². The summed E-state index contributed by atoms with van der Waals surface area (Å²) in [6, 6.07) is 8.34. The van der Waals surface area contributed by atoms with Gasteiger partial charge in [-0.05, 0) is 24.8 Å². The molecule has 94 valence electrons.